The quantitative estimate of drug-likeness (QED) is 0.658. The van der Waals surface area contributed by atoms with Gasteiger partial charge in [-0.05, 0) is 31.2 Å². The third kappa shape index (κ3) is 6.93. The van der Waals surface area contributed by atoms with Gasteiger partial charge in [-0.2, -0.15) is 8.78 Å². The zero-order chi connectivity index (χ0) is 19.6. The van der Waals surface area contributed by atoms with Crippen LogP contribution in [0.2, 0.25) is 0 Å². The molecule has 144 valence electrons. The highest BCUT2D eigenvalue weighted by Crippen LogP contribution is 2.19. The van der Waals surface area contributed by atoms with Crippen molar-refractivity contribution in [3.8, 4) is 11.5 Å². The summed E-state index contributed by atoms with van der Waals surface area (Å²) in [4.78, 5) is 23.8. The lowest BCUT2D eigenvalue weighted by atomic mass is 10.2. The molecule has 2 rings (SSSR count). The van der Waals surface area contributed by atoms with E-state index >= 15 is 0 Å². The second kappa shape index (κ2) is 10.1. The number of hydrogen-bond donors (Lipinski definition) is 2. The van der Waals surface area contributed by atoms with Crippen LogP contribution in [-0.4, -0.2) is 38.1 Å². The lowest BCUT2D eigenvalue weighted by Gasteiger charge is -2.11. The number of amides is 2. The molecular weight excluding hydrogens is 358 g/mol. The van der Waals surface area contributed by atoms with E-state index in [1.165, 1.54) is 24.3 Å². The number of rotatable bonds is 9. The molecule has 27 heavy (non-hydrogen) atoms. The van der Waals surface area contributed by atoms with Crippen molar-refractivity contribution in [3.05, 3.63) is 59.7 Å². The van der Waals surface area contributed by atoms with Crippen LogP contribution in [0, 0.1) is 6.92 Å². The number of alkyl halides is 2. The maximum atomic E-state index is 12.4. The number of ether oxygens (including phenoxy) is 2. The van der Waals surface area contributed by atoms with Crippen molar-refractivity contribution >= 4 is 11.8 Å². The van der Waals surface area contributed by atoms with Crippen LogP contribution in [0.15, 0.2) is 48.5 Å². The van der Waals surface area contributed by atoms with E-state index in [2.05, 4.69) is 15.4 Å². The molecular formula is C19H20F2N2O4. The van der Waals surface area contributed by atoms with Crippen LogP contribution in [0.1, 0.15) is 15.9 Å². The van der Waals surface area contributed by atoms with Gasteiger partial charge in [0.2, 0.25) is 5.91 Å². The lowest BCUT2D eigenvalue weighted by molar-refractivity contribution is -0.120. The molecule has 0 unspecified atom stereocenters. The molecule has 0 spiro atoms. The summed E-state index contributed by atoms with van der Waals surface area (Å²) in [7, 11) is 0. The van der Waals surface area contributed by atoms with Crippen LogP contribution in [0.4, 0.5) is 8.78 Å². The van der Waals surface area contributed by atoms with E-state index in [0.29, 0.717) is 5.75 Å². The Bertz CT molecular complexity index is 767. The van der Waals surface area contributed by atoms with E-state index in [9.17, 15) is 18.4 Å². The molecule has 2 aromatic carbocycles. The van der Waals surface area contributed by atoms with Crippen molar-refractivity contribution in [1.82, 2.24) is 10.6 Å². The van der Waals surface area contributed by atoms with E-state index in [1.807, 2.05) is 31.2 Å². The standard InChI is InChI=1S/C19H20F2N2O4/c1-13-6-8-14(9-7-13)26-11-10-22-17(24)12-23-18(25)15-4-2-3-5-16(15)27-19(20)21/h2-9,19H,10-12H2,1H3,(H,22,24)(H,23,25). The Kier molecular flexibility index (Phi) is 7.54. The molecule has 8 heteroatoms. The van der Waals surface area contributed by atoms with Gasteiger partial charge in [-0.1, -0.05) is 29.8 Å². The largest absolute Gasteiger partial charge is 0.492 e. The minimum Gasteiger partial charge on any atom is -0.492 e. The average Bonchev–Trinajstić information content (AvgIpc) is 2.64. The molecule has 0 aromatic heterocycles. The summed E-state index contributed by atoms with van der Waals surface area (Å²) >= 11 is 0. The van der Waals surface area contributed by atoms with E-state index in [1.54, 1.807) is 0 Å². The van der Waals surface area contributed by atoms with Gasteiger partial charge in [-0.25, -0.2) is 0 Å². The Balaban J connectivity index is 1.72. The number of carbonyl (C=O) groups excluding carboxylic acids is 2. The summed E-state index contributed by atoms with van der Waals surface area (Å²) in [6.45, 7) is -0.847. The molecule has 0 heterocycles. The highest BCUT2D eigenvalue weighted by Gasteiger charge is 2.15. The number of nitrogens with one attached hydrogen (secondary N) is 2. The SMILES string of the molecule is Cc1ccc(OCCNC(=O)CNC(=O)c2ccccc2OC(F)F)cc1. The summed E-state index contributed by atoms with van der Waals surface area (Å²) in [6, 6.07) is 13.1. The molecule has 2 amide bonds. The highest BCUT2D eigenvalue weighted by molar-refractivity contribution is 5.98. The van der Waals surface area contributed by atoms with Crippen molar-refractivity contribution in [2.45, 2.75) is 13.5 Å². The van der Waals surface area contributed by atoms with Gasteiger partial charge in [-0.15, -0.1) is 0 Å². The minimum absolute atomic E-state index is 0.0756. The fourth-order valence-corrected chi connectivity index (χ4v) is 2.17. The Hall–Kier alpha value is -3.16. The number of para-hydroxylation sites is 1. The van der Waals surface area contributed by atoms with Gasteiger partial charge in [0, 0.05) is 0 Å². The van der Waals surface area contributed by atoms with Gasteiger partial charge in [0.15, 0.2) is 0 Å². The lowest BCUT2D eigenvalue weighted by Crippen LogP contribution is -2.38. The fraction of sp³-hybridized carbons (Fsp3) is 0.263. The van der Waals surface area contributed by atoms with Crippen LogP contribution in [0.25, 0.3) is 0 Å². The first-order valence-corrected chi connectivity index (χ1v) is 8.24. The van der Waals surface area contributed by atoms with Gasteiger partial charge in [0.25, 0.3) is 5.91 Å². The molecule has 0 saturated heterocycles. The van der Waals surface area contributed by atoms with Crippen molar-refractivity contribution in [3.63, 3.8) is 0 Å². The first kappa shape index (κ1) is 20.2. The third-order valence-electron chi connectivity index (χ3n) is 3.47. The molecule has 0 fully saturated rings. The number of carbonyl (C=O) groups is 2. The molecule has 0 saturated carbocycles. The molecule has 0 atom stereocenters. The Morgan fingerprint density at radius 2 is 1.74 bits per heavy atom. The topological polar surface area (TPSA) is 76.7 Å². The van der Waals surface area contributed by atoms with Crippen molar-refractivity contribution in [2.24, 2.45) is 0 Å². The maximum Gasteiger partial charge on any atom is 0.387 e. The van der Waals surface area contributed by atoms with E-state index in [-0.39, 0.29) is 31.0 Å². The van der Waals surface area contributed by atoms with Crippen LogP contribution in [-0.2, 0) is 4.79 Å². The molecule has 0 aliphatic heterocycles. The van der Waals surface area contributed by atoms with Crippen LogP contribution in [0.3, 0.4) is 0 Å². The zero-order valence-corrected chi connectivity index (χ0v) is 14.7. The number of hydrogen-bond acceptors (Lipinski definition) is 4. The molecule has 0 bridgehead atoms. The minimum atomic E-state index is -3.05. The summed E-state index contributed by atoms with van der Waals surface area (Å²) in [5.74, 6) is -0.670. The van der Waals surface area contributed by atoms with Crippen molar-refractivity contribution < 1.29 is 27.8 Å². The van der Waals surface area contributed by atoms with Crippen LogP contribution >= 0.6 is 0 Å². The molecule has 0 radical (unpaired) electrons. The van der Waals surface area contributed by atoms with E-state index in [0.717, 1.165) is 5.56 Å². The van der Waals surface area contributed by atoms with Gasteiger partial charge in [0.1, 0.15) is 18.1 Å². The normalized spacial score (nSPS) is 10.4. The molecule has 6 nitrogen and oxygen atoms in total. The maximum absolute atomic E-state index is 12.4. The van der Waals surface area contributed by atoms with E-state index in [4.69, 9.17) is 4.74 Å². The van der Waals surface area contributed by atoms with Crippen LogP contribution < -0.4 is 20.1 Å². The van der Waals surface area contributed by atoms with Gasteiger partial charge in [-0.3, -0.25) is 9.59 Å². The Morgan fingerprint density at radius 3 is 2.44 bits per heavy atom. The summed E-state index contributed by atoms with van der Waals surface area (Å²) in [6.07, 6.45) is 0. The fourth-order valence-electron chi connectivity index (χ4n) is 2.17. The van der Waals surface area contributed by atoms with Crippen molar-refractivity contribution in [2.75, 3.05) is 19.7 Å². The second-order valence-corrected chi connectivity index (χ2v) is 5.57. The Morgan fingerprint density at radius 1 is 1.04 bits per heavy atom. The monoisotopic (exact) mass is 378 g/mol. The van der Waals surface area contributed by atoms with E-state index < -0.39 is 18.4 Å². The predicted octanol–water partition coefficient (Wildman–Crippen LogP) is 2.52. The molecule has 0 aliphatic carbocycles. The smallest absolute Gasteiger partial charge is 0.387 e. The van der Waals surface area contributed by atoms with Crippen LogP contribution in [0.5, 0.6) is 11.5 Å². The number of halogens is 2. The first-order valence-electron chi connectivity index (χ1n) is 8.24. The zero-order valence-electron chi connectivity index (χ0n) is 14.7. The average molecular weight is 378 g/mol. The third-order valence-corrected chi connectivity index (χ3v) is 3.47. The summed E-state index contributed by atoms with van der Waals surface area (Å²) < 4.78 is 34.5. The molecule has 0 aliphatic rings. The van der Waals surface area contributed by atoms with Gasteiger partial charge < -0.3 is 20.1 Å². The summed E-state index contributed by atoms with van der Waals surface area (Å²) in [5.41, 5.74) is 1.04. The Labute approximate surface area is 155 Å². The van der Waals surface area contributed by atoms with Gasteiger partial charge >= 0.3 is 6.61 Å². The summed E-state index contributed by atoms with van der Waals surface area (Å²) in [5, 5.41) is 4.95. The molecule has 2 aromatic rings. The first-order chi connectivity index (χ1) is 13.0. The predicted molar refractivity (Wildman–Crippen MR) is 95.1 cm³/mol. The number of aryl methyl sites for hydroxylation is 1. The second-order valence-electron chi connectivity index (χ2n) is 5.57. The van der Waals surface area contributed by atoms with Crippen molar-refractivity contribution in [1.29, 1.82) is 0 Å². The molecule has 2 N–H and O–H groups in total. The van der Waals surface area contributed by atoms with Gasteiger partial charge in [0.05, 0.1) is 18.7 Å². The highest BCUT2D eigenvalue weighted by atomic mass is 19.3. The number of benzene rings is 2.